The first-order valence-electron chi connectivity index (χ1n) is 19.8. The molecule has 5 N–H and O–H groups in total. The Morgan fingerprint density at radius 1 is 0.895 bits per heavy atom. The Balaban J connectivity index is 0.00000281. The average Bonchev–Trinajstić information content (AvgIpc) is 3.84. The van der Waals surface area contributed by atoms with Crippen LogP contribution in [-0.4, -0.2) is 102 Å². The number of allylic oxidation sites excluding steroid dienone is 1. The van der Waals surface area contributed by atoms with Gasteiger partial charge in [-0.1, -0.05) is 80.9 Å². The number of hydrogen-bond acceptors (Lipinski definition) is 7. The quantitative estimate of drug-likeness (QED) is 0.135. The number of hydrogen-bond donors (Lipinski definition) is 5. The van der Waals surface area contributed by atoms with Crippen molar-refractivity contribution in [3.8, 4) is 0 Å². The molecule has 2 aliphatic rings. The number of carbonyl (C=O) groups is 7. The minimum Gasteiger partial charge on any atom is -0.347 e. The molecule has 1 unspecified atom stereocenters. The van der Waals surface area contributed by atoms with Crippen molar-refractivity contribution < 1.29 is 33.6 Å². The van der Waals surface area contributed by atoms with E-state index in [9.17, 15) is 33.6 Å². The summed E-state index contributed by atoms with van der Waals surface area (Å²) in [7, 11) is 3.11. The van der Waals surface area contributed by atoms with E-state index in [4.69, 9.17) is 0 Å². The van der Waals surface area contributed by atoms with E-state index < -0.39 is 71.7 Å². The molecule has 4 rings (SSSR count). The van der Waals surface area contributed by atoms with Gasteiger partial charge in [0.05, 0.1) is 12.6 Å². The molecule has 0 radical (unpaired) electrons. The fourth-order valence-corrected chi connectivity index (χ4v) is 6.84. The summed E-state index contributed by atoms with van der Waals surface area (Å²) < 4.78 is 0. The van der Waals surface area contributed by atoms with Crippen LogP contribution in [0.25, 0.3) is 0 Å². The number of nitrogens with one attached hydrogen (secondary N) is 5. The van der Waals surface area contributed by atoms with Crippen LogP contribution in [0.5, 0.6) is 0 Å². The number of amides is 7. The molecule has 2 aromatic carbocycles. The van der Waals surface area contributed by atoms with Crippen molar-refractivity contribution in [3.05, 3.63) is 83.9 Å². The van der Waals surface area contributed by atoms with Gasteiger partial charge in [0.2, 0.25) is 29.4 Å². The molecule has 7 amide bonds. The summed E-state index contributed by atoms with van der Waals surface area (Å²) >= 11 is 0. The fourth-order valence-electron chi connectivity index (χ4n) is 6.84. The van der Waals surface area contributed by atoms with Gasteiger partial charge in [0.15, 0.2) is 0 Å². The Bertz CT molecular complexity index is 1720. The van der Waals surface area contributed by atoms with E-state index in [1.165, 1.54) is 16.2 Å². The van der Waals surface area contributed by atoms with Gasteiger partial charge >= 0.3 is 6.03 Å². The summed E-state index contributed by atoms with van der Waals surface area (Å²) in [5.41, 5.74) is 2.20. The van der Waals surface area contributed by atoms with Gasteiger partial charge < -0.3 is 36.4 Å². The first-order chi connectivity index (χ1) is 27.0. The van der Waals surface area contributed by atoms with E-state index in [-0.39, 0.29) is 24.8 Å². The first-order valence-corrected chi connectivity index (χ1v) is 19.8. The van der Waals surface area contributed by atoms with Crippen LogP contribution < -0.4 is 26.6 Å². The van der Waals surface area contributed by atoms with Crippen LogP contribution in [0.2, 0.25) is 0 Å². The lowest BCUT2D eigenvalue weighted by molar-refractivity contribution is -0.143. The molecule has 310 valence electrons. The van der Waals surface area contributed by atoms with Crippen LogP contribution in [0.4, 0.5) is 4.79 Å². The monoisotopic (exact) mass is 787 g/mol. The second-order valence-electron chi connectivity index (χ2n) is 15.8. The Hall–Kier alpha value is -5.53. The number of rotatable bonds is 15. The second kappa shape index (κ2) is 21.7. The van der Waals surface area contributed by atoms with Crippen LogP contribution >= 0.6 is 0 Å². The number of ketones is 1. The molecule has 4 atom stereocenters. The molecule has 1 aliphatic carbocycles. The minimum atomic E-state index is -1.26. The largest absolute Gasteiger partial charge is 0.347 e. The number of fused-ring (bicyclic) bond motifs is 1. The number of likely N-dealkylation sites (N-methyl/N-ethyl adjacent to an activating group) is 1. The van der Waals surface area contributed by atoms with Crippen LogP contribution in [0.3, 0.4) is 0 Å². The number of nitrogens with zero attached hydrogens (tertiary/aromatic N) is 2. The Labute approximate surface area is 337 Å². The molecule has 2 aromatic rings. The number of carbonyl (C=O) groups excluding carboxylic acids is 7. The van der Waals surface area contributed by atoms with E-state index in [0.29, 0.717) is 37.7 Å². The topological polar surface area (TPSA) is 186 Å². The average molecular weight is 788 g/mol. The van der Waals surface area contributed by atoms with Gasteiger partial charge in [0.25, 0.3) is 5.91 Å². The van der Waals surface area contributed by atoms with Crippen LogP contribution in [-0.2, 0) is 41.6 Å². The molecule has 0 saturated carbocycles. The van der Waals surface area contributed by atoms with Crippen molar-refractivity contribution in [2.75, 3.05) is 27.2 Å². The van der Waals surface area contributed by atoms with Gasteiger partial charge in [-0.25, -0.2) is 4.79 Å². The van der Waals surface area contributed by atoms with Crippen LogP contribution in [0.1, 0.15) is 89.5 Å². The number of Topliss-reactive ketones (excluding diaryl/α,β-unsaturated/α-hetero) is 1. The molecule has 14 heteroatoms. The maximum atomic E-state index is 14.3. The van der Waals surface area contributed by atoms with Gasteiger partial charge in [-0.2, -0.15) is 0 Å². The summed E-state index contributed by atoms with van der Waals surface area (Å²) in [5.74, 6) is -4.38. The van der Waals surface area contributed by atoms with Gasteiger partial charge in [0, 0.05) is 26.2 Å². The van der Waals surface area contributed by atoms with E-state index in [2.05, 4.69) is 47.0 Å². The summed E-state index contributed by atoms with van der Waals surface area (Å²) in [6.07, 6.45) is 5.16. The third kappa shape index (κ3) is 13.6. The highest BCUT2D eigenvalue weighted by Gasteiger charge is 2.43. The van der Waals surface area contributed by atoms with E-state index in [1.807, 2.05) is 45.0 Å². The third-order valence-electron chi connectivity index (χ3n) is 9.49. The third-order valence-corrected chi connectivity index (χ3v) is 9.49. The van der Waals surface area contributed by atoms with Crippen molar-refractivity contribution >= 4 is 41.4 Å². The lowest BCUT2D eigenvalue weighted by Crippen LogP contribution is -2.60. The van der Waals surface area contributed by atoms with Gasteiger partial charge in [-0.05, 0) is 81.9 Å². The number of likely N-dealkylation sites (tertiary alicyclic amines) is 1. The summed E-state index contributed by atoms with van der Waals surface area (Å²) in [6.45, 7) is 13.1. The highest BCUT2D eigenvalue weighted by Crippen LogP contribution is 2.31. The highest BCUT2D eigenvalue weighted by molar-refractivity contribution is 6.38. The predicted octanol–water partition coefficient (Wildman–Crippen LogP) is 3.36. The van der Waals surface area contributed by atoms with Crippen molar-refractivity contribution in [1.29, 1.82) is 0 Å². The molecule has 1 aliphatic heterocycles. The summed E-state index contributed by atoms with van der Waals surface area (Å²) in [4.78, 5) is 96.1. The standard InChI is InChI=1S/C40H53N7O7.C3H8/c1-7-8-19-29(34(49)36(51)41-24-31(48)43-32(37(52)46(5)6)25-15-10-9-11-16-25)42-35(50)30-20-14-21-47(30)38(53)33(44-39(54)45-40(2,3)4)28-22-26-17-12-13-18-27(26)23-28;1-3-2/h7,9-13,15-18,28-30,32-33H,1,8,14,19-24H2,2-6H3,(H,41,51)(H,42,50)(H,43,48)(H2,44,45,54);3H2,1-2H3/t29?,30-,32-,33-;/m0./s1. The number of urea groups is 1. The van der Waals surface area contributed by atoms with Gasteiger partial charge in [-0.3, -0.25) is 28.8 Å². The summed E-state index contributed by atoms with van der Waals surface area (Å²) in [6, 6.07) is 11.9. The Morgan fingerprint density at radius 2 is 1.49 bits per heavy atom. The van der Waals surface area contributed by atoms with Crippen molar-refractivity contribution in [2.24, 2.45) is 5.92 Å². The smallest absolute Gasteiger partial charge is 0.315 e. The fraction of sp³-hybridized carbons (Fsp3) is 0.512. The molecule has 57 heavy (non-hydrogen) atoms. The Kier molecular flexibility index (Phi) is 17.4. The van der Waals surface area contributed by atoms with Crippen LogP contribution in [0, 0.1) is 5.92 Å². The molecule has 14 nitrogen and oxygen atoms in total. The van der Waals surface area contributed by atoms with Crippen molar-refractivity contribution in [1.82, 2.24) is 36.4 Å². The maximum Gasteiger partial charge on any atom is 0.315 e. The molecule has 0 spiro atoms. The van der Waals surface area contributed by atoms with Gasteiger partial charge in [-0.15, -0.1) is 6.58 Å². The molecule has 1 saturated heterocycles. The molecule has 0 aromatic heterocycles. The minimum absolute atomic E-state index is 0.0548. The zero-order valence-corrected chi connectivity index (χ0v) is 34.5. The normalized spacial score (nSPS) is 16.3. The second-order valence-corrected chi connectivity index (χ2v) is 15.8. The SMILES string of the molecule is C=CCCC(NC(=O)[C@@H]1CCCN1C(=O)[C@@H](NC(=O)NC(C)(C)C)C1Cc2ccccc2C1)C(=O)C(=O)NCC(=O)N[C@H](C(=O)N(C)C)c1ccccc1.CCC. The number of benzene rings is 2. The van der Waals surface area contributed by atoms with Crippen molar-refractivity contribution in [2.45, 2.75) is 109 Å². The Morgan fingerprint density at radius 3 is 2.05 bits per heavy atom. The molecular weight excluding hydrogens is 727 g/mol. The predicted molar refractivity (Wildman–Crippen MR) is 219 cm³/mol. The molecular formula is C43H61N7O7. The van der Waals surface area contributed by atoms with Crippen molar-refractivity contribution in [3.63, 3.8) is 0 Å². The lowest BCUT2D eigenvalue weighted by atomic mass is 9.94. The van der Waals surface area contributed by atoms with E-state index >= 15 is 0 Å². The summed E-state index contributed by atoms with van der Waals surface area (Å²) in [5, 5.41) is 13.4. The van der Waals surface area contributed by atoms with E-state index in [0.717, 1.165) is 11.1 Å². The molecule has 1 fully saturated rings. The zero-order chi connectivity index (χ0) is 42.3. The van der Waals surface area contributed by atoms with E-state index in [1.54, 1.807) is 50.5 Å². The van der Waals surface area contributed by atoms with Crippen LogP contribution in [0.15, 0.2) is 67.3 Å². The zero-order valence-electron chi connectivity index (χ0n) is 34.5. The molecule has 1 heterocycles. The lowest BCUT2D eigenvalue weighted by Gasteiger charge is -2.33. The molecule has 0 bridgehead atoms. The first kappa shape index (κ1) is 45.9. The maximum absolute atomic E-state index is 14.3. The highest BCUT2D eigenvalue weighted by atomic mass is 16.2. The van der Waals surface area contributed by atoms with Gasteiger partial charge in [0.1, 0.15) is 18.1 Å².